The highest BCUT2D eigenvalue weighted by atomic mass is 16.6. The molecule has 0 bridgehead atoms. The van der Waals surface area contributed by atoms with Gasteiger partial charge in [-0.25, -0.2) is 4.98 Å². The Kier molecular flexibility index (Phi) is 2.87. The van der Waals surface area contributed by atoms with Gasteiger partial charge in [-0.05, 0) is 6.07 Å². The molecule has 92 valence electrons. The summed E-state index contributed by atoms with van der Waals surface area (Å²) in [6.45, 7) is 0. The summed E-state index contributed by atoms with van der Waals surface area (Å²) in [5, 5.41) is 28.1. The van der Waals surface area contributed by atoms with Gasteiger partial charge in [0, 0.05) is 12.1 Å². The number of aromatic amines is 1. The first-order valence-corrected chi connectivity index (χ1v) is 4.72. The van der Waals surface area contributed by atoms with Crippen LogP contribution in [0.3, 0.4) is 0 Å². The topological polar surface area (TPSA) is 134 Å². The number of H-pyrrole nitrogens is 1. The standard InChI is InChI=1S/C9H7N5O4/c15-7-2-1-5(14(17)18)3-6(7)12-9(16)8-10-4-11-13-8/h1-4,15H,(H,12,16)(H,10,11,13). The summed E-state index contributed by atoms with van der Waals surface area (Å²) in [5.74, 6) is -1.02. The number of anilines is 1. The molecule has 9 heteroatoms. The van der Waals surface area contributed by atoms with E-state index >= 15 is 0 Å². The maximum Gasteiger partial charge on any atom is 0.293 e. The van der Waals surface area contributed by atoms with Gasteiger partial charge in [0.05, 0.1) is 10.6 Å². The van der Waals surface area contributed by atoms with Crippen LogP contribution < -0.4 is 5.32 Å². The zero-order chi connectivity index (χ0) is 13.1. The minimum absolute atomic E-state index is 0.0686. The van der Waals surface area contributed by atoms with E-state index in [1.165, 1.54) is 0 Å². The minimum Gasteiger partial charge on any atom is -0.506 e. The first kappa shape index (κ1) is 11.5. The van der Waals surface area contributed by atoms with Gasteiger partial charge >= 0.3 is 0 Å². The van der Waals surface area contributed by atoms with Gasteiger partial charge in [-0.15, -0.1) is 0 Å². The number of phenolic OH excluding ortho intramolecular Hbond substituents is 1. The molecule has 1 aromatic heterocycles. The molecule has 0 spiro atoms. The number of nitrogens with one attached hydrogen (secondary N) is 2. The van der Waals surface area contributed by atoms with Crippen molar-refractivity contribution in [3.05, 3.63) is 40.5 Å². The maximum atomic E-state index is 11.6. The van der Waals surface area contributed by atoms with Crippen LogP contribution in [0.5, 0.6) is 5.75 Å². The number of carbonyl (C=O) groups excluding carboxylic acids is 1. The lowest BCUT2D eigenvalue weighted by molar-refractivity contribution is -0.384. The molecule has 2 rings (SSSR count). The molecule has 0 saturated heterocycles. The number of aromatic nitrogens is 3. The SMILES string of the molecule is O=C(Nc1cc([N+](=O)[O-])ccc1O)c1ncn[nH]1. The smallest absolute Gasteiger partial charge is 0.293 e. The van der Waals surface area contributed by atoms with E-state index in [0.717, 1.165) is 24.5 Å². The molecule has 0 fully saturated rings. The summed E-state index contributed by atoms with van der Waals surface area (Å²) >= 11 is 0. The third kappa shape index (κ3) is 2.24. The summed E-state index contributed by atoms with van der Waals surface area (Å²) in [6, 6.07) is 3.29. The molecular formula is C9H7N5O4. The molecule has 0 unspecified atom stereocenters. The van der Waals surface area contributed by atoms with Crippen molar-refractivity contribution in [2.75, 3.05) is 5.32 Å². The molecule has 1 aromatic carbocycles. The summed E-state index contributed by atoms with van der Waals surface area (Å²) in [6.07, 6.45) is 1.14. The van der Waals surface area contributed by atoms with Gasteiger partial charge < -0.3 is 10.4 Å². The molecule has 18 heavy (non-hydrogen) atoms. The Bertz CT molecular complexity index is 595. The van der Waals surface area contributed by atoms with Crippen molar-refractivity contribution >= 4 is 17.3 Å². The summed E-state index contributed by atoms with van der Waals surface area (Å²) in [4.78, 5) is 25.1. The van der Waals surface area contributed by atoms with Gasteiger partial charge in [0.2, 0.25) is 5.82 Å². The van der Waals surface area contributed by atoms with Crippen molar-refractivity contribution in [3.63, 3.8) is 0 Å². The first-order valence-electron chi connectivity index (χ1n) is 4.72. The lowest BCUT2D eigenvalue weighted by Gasteiger charge is -2.05. The van der Waals surface area contributed by atoms with Crippen molar-refractivity contribution in [2.24, 2.45) is 0 Å². The number of nitro benzene ring substituents is 1. The van der Waals surface area contributed by atoms with Gasteiger partial charge in [-0.2, -0.15) is 5.10 Å². The molecule has 0 saturated carbocycles. The highest BCUT2D eigenvalue weighted by Crippen LogP contribution is 2.27. The van der Waals surface area contributed by atoms with Gasteiger partial charge in [-0.1, -0.05) is 0 Å². The van der Waals surface area contributed by atoms with E-state index in [0.29, 0.717) is 0 Å². The summed E-state index contributed by atoms with van der Waals surface area (Å²) < 4.78 is 0. The number of benzene rings is 1. The largest absolute Gasteiger partial charge is 0.506 e. The Labute approximate surface area is 99.6 Å². The number of carbonyl (C=O) groups is 1. The molecule has 3 N–H and O–H groups in total. The second kappa shape index (κ2) is 4.49. The van der Waals surface area contributed by atoms with Crippen LogP contribution in [0.2, 0.25) is 0 Å². The second-order valence-electron chi connectivity index (χ2n) is 3.25. The Balaban J connectivity index is 2.26. The highest BCUT2D eigenvalue weighted by molar-refractivity contribution is 6.02. The number of nitrogens with zero attached hydrogens (tertiary/aromatic N) is 3. The molecule has 0 aliphatic carbocycles. The first-order chi connectivity index (χ1) is 8.58. The van der Waals surface area contributed by atoms with E-state index in [-0.39, 0.29) is 22.9 Å². The molecule has 0 aliphatic heterocycles. The van der Waals surface area contributed by atoms with Crippen LogP contribution in [0.15, 0.2) is 24.5 Å². The number of hydrogen-bond acceptors (Lipinski definition) is 6. The zero-order valence-corrected chi connectivity index (χ0v) is 8.82. The number of hydrogen-bond donors (Lipinski definition) is 3. The van der Waals surface area contributed by atoms with Gasteiger partial charge in [0.15, 0.2) is 0 Å². The second-order valence-corrected chi connectivity index (χ2v) is 3.25. The van der Waals surface area contributed by atoms with Crippen LogP contribution in [0.25, 0.3) is 0 Å². The van der Waals surface area contributed by atoms with Gasteiger partial charge in [0.25, 0.3) is 11.6 Å². The van der Waals surface area contributed by atoms with Crippen LogP contribution in [-0.4, -0.2) is 31.1 Å². The Morgan fingerprint density at radius 3 is 2.89 bits per heavy atom. The summed E-state index contributed by atoms with van der Waals surface area (Å²) in [5.41, 5.74) is -0.328. The molecule has 1 heterocycles. The number of nitro groups is 1. The van der Waals surface area contributed by atoms with Crippen molar-refractivity contribution < 1.29 is 14.8 Å². The van der Waals surface area contributed by atoms with Crippen LogP contribution in [0.1, 0.15) is 10.6 Å². The lowest BCUT2D eigenvalue weighted by Crippen LogP contribution is -2.14. The quantitative estimate of drug-likeness (QED) is 0.415. The van der Waals surface area contributed by atoms with E-state index < -0.39 is 10.8 Å². The molecular weight excluding hydrogens is 242 g/mol. The van der Waals surface area contributed by atoms with Crippen molar-refractivity contribution in [1.82, 2.24) is 15.2 Å². The minimum atomic E-state index is -0.664. The molecule has 1 amide bonds. The fraction of sp³-hybridized carbons (Fsp3) is 0. The van der Waals surface area contributed by atoms with Crippen LogP contribution in [0, 0.1) is 10.1 Å². The predicted molar refractivity (Wildman–Crippen MR) is 59.1 cm³/mol. The van der Waals surface area contributed by atoms with Crippen LogP contribution in [0.4, 0.5) is 11.4 Å². The number of non-ortho nitro benzene ring substituents is 1. The number of amides is 1. The fourth-order valence-corrected chi connectivity index (χ4v) is 1.23. The van der Waals surface area contributed by atoms with Crippen molar-refractivity contribution in [3.8, 4) is 5.75 Å². The van der Waals surface area contributed by atoms with E-state index in [4.69, 9.17) is 0 Å². The molecule has 9 nitrogen and oxygen atoms in total. The number of phenols is 1. The zero-order valence-electron chi connectivity index (χ0n) is 8.82. The van der Waals surface area contributed by atoms with E-state index in [2.05, 4.69) is 20.5 Å². The van der Waals surface area contributed by atoms with Crippen molar-refractivity contribution in [2.45, 2.75) is 0 Å². The Hall–Kier alpha value is -2.97. The van der Waals surface area contributed by atoms with E-state index in [1.54, 1.807) is 0 Å². The van der Waals surface area contributed by atoms with Crippen molar-refractivity contribution in [1.29, 1.82) is 0 Å². The average Bonchev–Trinajstić information content (AvgIpc) is 2.85. The average molecular weight is 249 g/mol. The normalized spacial score (nSPS) is 10.0. The van der Waals surface area contributed by atoms with Crippen LogP contribution >= 0.6 is 0 Å². The highest BCUT2D eigenvalue weighted by Gasteiger charge is 2.15. The fourth-order valence-electron chi connectivity index (χ4n) is 1.23. The van der Waals surface area contributed by atoms with E-state index in [1.807, 2.05) is 0 Å². The third-order valence-corrected chi connectivity index (χ3v) is 2.07. The van der Waals surface area contributed by atoms with Gasteiger partial charge in [-0.3, -0.25) is 20.0 Å². The predicted octanol–water partition coefficient (Wildman–Crippen LogP) is 0.671. The monoisotopic (exact) mass is 249 g/mol. The number of rotatable bonds is 3. The van der Waals surface area contributed by atoms with Gasteiger partial charge in [0.1, 0.15) is 12.1 Å². The van der Waals surface area contributed by atoms with Crippen LogP contribution in [-0.2, 0) is 0 Å². The molecule has 2 aromatic rings. The van der Waals surface area contributed by atoms with E-state index in [9.17, 15) is 20.0 Å². The molecule has 0 radical (unpaired) electrons. The molecule has 0 aliphatic rings. The maximum absolute atomic E-state index is 11.6. The Morgan fingerprint density at radius 1 is 1.50 bits per heavy atom. The molecule has 0 atom stereocenters. The third-order valence-electron chi connectivity index (χ3n) is 2.07. The Morgan fingerprint density at radius 2 is 2.28 bits per heavy atom. The summed E-state index contributed by atoms with van der Waals surface area (Å²) in [7, 11) is 0. The number of aromatic hydroxyl groups is 1. The lowest BCUT2D eigenvalue weighted by atomic mass is 10.2.